The van der Waals surface area contributed by atoms with Crippen LogP contribution in [-0.2, 0) is 6.54 Å². The second-order valence-electron chi connectivity index (χ2n) is 4.56. The number of benzene rings is 1. The molecule has 3 nitrogen and oxygen atoms in total. The summed E-state index contributed by atoms with van der Waals surface area (Å²) in [5.74, 6) is -0.418. The minimum absolute atomic E-state index is 0.116. The van der Waals surface area contributed by atoms with Gasteiger partial charge in [-0.1, -0.05) is 24.6 Å². The summed E-state index contributed by atoms with van der Waals surface area (Å²) in [7, 11) is 0. The Hall–Kier alpha value is -1.33. The van der Waals surface area contributed by atoms with Crippen molar-refractivity contribution in [3.05, 3.63) is 46.0 Å². The van der Waals surface area contributed by atoms with Gasteiger partial charge in [-0.25, -0.2) is 4.39 Å². The molecule has 0 fully saturated rings. The van der Waals surface area contributed by atoms with Crippen LogP contribution in [0.15, 0.2) is 35.2 Å². The molecule has 0 aliphatic carbocycles. The van der Waals surface area contributed by atoms with E-state index in [0.717, 1.165) is 28.6 Å². The average molecular weight is 357 g/mol. The second-order valence-corrected chi connectivity index (χ2v) is 5.78. The average Bonchev–Trinajstić information content (AvgIpc) is 2.98. The lowest BCUT2D eigenvalue weighted by molar-refractivity contribution is 0.602. The third kappa shape index (κ3) is 2.15. The summed E-state index contributed by atoms with van der Waals surface area (Å²) in [6, 6.07) is 5.24. The van der Waals surface area contributed by atoms with Crippen molar-refractivity contribution in [3.63, 3.8) is 0 Å². The fourth-order valence-corrected chi connectivity index (χ4v) is 3.05. The molecule has 0 aliphatic heterocycles. The monoisotopic (exact) mass is 355 g/mol. The van der Waals surface area contributed by atoms with Crippen LogP contribution in [0.25, 0.3) is 16.6 Å². The van der Waals surface area contributed by atoms with E-state index in [1.165, 1.54) is 0 Å². The number of rotatable bonds is 3. The van der Waals surface area contributed by atoms with Crippen LogP contribution >= 0.6 is 27.5 Å². The molecular formula is C14H12BrClFN3. The Balaban J connectivity index is 2.23. The predicted molar refractivity (Wildman–Crippen MR) is 82.0 cm³/mol. The van der Waals surface area contributed by atoms with Crippen LogP contribution < -0.4 is 0 Å². The van der Waals surface area contributed by atoms with Crippen molar-refractivity contribution < 1.29 is 4.39 Å². The zero-order chi connectivity index (χ0) is 14.3. The molecule has 3 aromatic rings. The molecule has 0 spiro atoms. The van der Waals surface area contributed by atoms with Gasteiger partial charge < -0.3 is 0 Å². The summed E-state index contributed by atoms with van der Waals surface area (Å²) in [4.78, 5) is 0. The number of hydrogen-bond acceptors (Lipinski definition) is 1. The fourth-order valence-electron chi connectivity index (χ4n) is 2.27. The fraction of sp³-hybridized carbons (Fsp3) is 0.214. The van der Waals surface area contributed by atoms with Gasteiger partial charge >= 0.3 is 0 Å². The highest BCUT2D eigenvalue weighted by Gasteiger charge is 2.16. The third-order valence-electron chi connectivity index (χ3n) is 3.14. The molecule has 3 rings (SSSR count). The minimum atomic E-state index is -0.418. The summed E-state index contributed by atoms with van der Waals surface area (Å²) in [5, 5.41) is 5.19. The standard InChI is InChI=1S/C14H12BrClFN3/c1-2-5-19-8-10(7-18-19)20-12(15)6-9-3-4-11(16)13(17)14(9)20/h3-4,6-8H,2,5H2,1H3. The quantitative estimate of drug-likeness (QED) is 0.661. The van der Waals surface area contributed by atoms with Crippen LogP contribution in [0.2, 0.25) is 5.02 Å². The SMILES string of the molecule is CCCn1cc(-n2c(Br)cc3ccc(Cl)c(F)c32)cn1. The summed E-state index contributed by atoms with van der Waals surface area (Å²) < 4.78 is 18.7. The number of nitrogens with zero attached hydrogens (tertiary/aromatic N) is 3. The predicted octanol–water partition coefficient (Wildman–Crippen LogP) is 4.79. The van der Waals surface area contributed by atoms with Crippen molar-refractivity contribution in [1.29, 1.82) is 0 Å². The minimum Gasteiger partial charge on any atom is -0.298 e. The van der Waals surface area contributed by atoms with Gasteiger partial charge in [-0.15, -0.1) is 0 Å². The van der Waals surface area contributed by atoms with E-state index in [0.29, 0.717) is 5.52 Å². The zero-order valence-electron chi connectivity index (χ0n) is 10.8. The van der Waals surface area contributed by atoms with Gasteiger partial charge in [0, 0.05) is 18.1 Å². The topological polar surface area (TPSA) is 22.8 Å². The normalized spacial score (nSPS) is 11.4. The van der Waals surface area contributed by atoms with Gasteiger partial charge in [0.1, 0.15) is 0 Å². The Morgan fingerprint density at radius 2 is 2.20 bits per heavy atom. The van der Waals surface area contributed by atoms with E-state index in [1.54, 1.807) is 22.9 Å². The molecule has 6 heteroatoms. The molecule has 0 bridgehead atoms. The lowest BCUT2D eigenvalue weighted by Crippen LogP contribution is -1.97. The van der Waals surface area contributed by atoms with Crippen LogP contribution in [0.3, 0.4) is 0 Å². The molecule has 1 aromatic carbocycles. The number of aryl methyl sites for hydroxylation is 1. The van der Waals surface area contributed by atoms with E-state index >= 15 is 0 Å². The molecule has 2 aromatic heterocycles. The van der Waals surface area contributed by atoms with Gasteiger partial charge in [0.05, 0.1) is 27.0 Å². The number of fused-ring (bicyclic) bond motifs is 1. The number of hydrogen-bond donors (Lipinski definition) is 0. The smallest absolute Gasteiger partial charge is 0.166 e. The molecule has 0 unspecified atom stereocenters. The van der Waals surface area contributed by atoms with E-state index in [-0.39, 0.29) is 5.02 Å². The van der Waals surface area contributed by atoms with Gasteiger partial charge in [0.25, 0.3) is 0 Å². The Bertz CT molecular complexity index is 778. The van der Waals surface area contributed by atoms with Gasteiger partial charge in [-0.2, -0.15) is 5.10 Å². The van der Waals surface area contributed by atoms with Gasteiger partial charge in [0.15, 0.2) is 5.82 Å². The van der Waals surface area contributed by atoms with Crippen LogP contribution in [0, 0.1) is 5.82 Å². The summed E-state index contributed by atoms with van der Waals surface area (Å²) in [6.07, 6.45) is 4.61. The number of halogens is 3. The Kier molecular flexibility index (Phi) is 3.56. The van der Waals surface area contributed by atoms with Gasteiger partial charge in [0.2, 0.25) is 0 Å². The molecule has 0 radical (unpaired) electrons. The molecule has 0 N–H and O–H groups in total. The van der Waals surface area contributed by atoms with Crippen molar-refractivity contribution in [2.45, 2.75) is 19.9 Å². The van der Waals surface area contributed by atoms with Gasteiger partial charge in [-0.05, 0) is 34.5 Å². The van der Waals surface area contributed by atoms with E-state index < -0.39 is 5.82 Å². The largest absolute Gasteiger partial charge is 0.298 e. The van der Waals surface area contributed by atoms with Crippen molar-refractivity contribution in [3.8, 4) is 5.69 Å². The molecule has 0 amide bonds. The van der Waals surface area contributed by atoms with Crippen molar-refractivity contribution in [1.82, 2.24) is 14.3 Å². The zero-order valence-corrected chi connectivity index (χ0v) is 13.1. The van der Waals surface area contributed by atoms with E-state index in [4.69, 9.17) is 11.6 Å². The van der Waals surface area contributed by atoms with Crippen molar-refractivity contribution in [2.75, 3.05) is 0 Å². The molecule has 0 saturated carbocycles. The molecule has 104 valence electrons. The van der Waals surface area contributed by atoms with Crippen LogP contribution in [0.1, 0.15) is 13.3 Å². The molecular weight excluding hydrogens is 345 g/mol. The molecule has 20 heavy (non-hydrogen) atoms. The Morgan fingerprint density at radius 1 is 1.40 bits per heavy atom. The van der Waals surface area contributed by atoms with Crippen LogP contribution in [-0.4, -0.2) is 14.3 Å². The first-order valence-corrected chi connectivity index (χ1v) is 7.46. The third-order valence-corrected chi connectivity index (χ3v) is 4.02. The first-order chi connectivity index (χ1) is 9.61. The molecule has 0 saturated heterocycles. The highest BCUT2D eigenvalue weighted by Crippen LogP contribution is 2.32. The van der Waals surface area contributed by atoms with E-state index in [9.17, 15) is 4.39 Å². The lowest BCUT2D eigenvalue weighted by Gasteiger charge is -2.05. The van der Waals surface area contributed by atoms with E-state index in [2.05, 4.69) is 28.0 Å². The summed E-state index contributed by atoms with van der Waals surface area (Å²) >= 11 is 9.36. The maximum absolute atomic E-state index is 14.3. The first-order valence-electron chi connectivity index (χ1n) is 6.29. The van der Waals surface area contributed by atoms with E-state index in [1.807, 2.05) is 16.9 Å². The molecule has 2 heterocycles. The van der Waals surface area contributed by atoms with Crippen LogP contribution in [0.4, 0.5) is 4.39 Å². The van der Waals surface area contributed by atoms with Crippen LogP contribution in [0.5, 0.6) is 0 Å². The first kappa shape index (κ1) is 13.6. The molecule has 0 aliphatic rings. The lowest BCUT2D eigenvalue weighted by atomic mass is 10.2. The summed E-state index contributed by atoms with van der Waals surface area (Å²) in [5.41, 5.74) is 1.27. The highest BCUT2D eigenvalue weighted by molar-refractivity contribution is 9.10. The maximum atomic E-state index is 14.3. The van der Waals surface area contributed by atoms with Crippen molar-refractivity contribution in [2.24, 2.45) is 0 Å². The number of aromatic nitrogens is 3. The highest BCUT2D eigenvalue weighted by atomic mass is 79.9. The molecule has 0 atom stereocenters. The summed E-state index contributed by atoms with van der Waals surface area (Å²) in [6.45, 7) is 2.92. The Morgan fingerprint density at radius 3 is 2.95 bits per heavy atom. The van der Waals surface area contributed by atoms with Crippen molar-refractivity contribution >= 4 is 38.4 Å². The maximum Gasteiger partial charge on any atom is 0.166 e. The second kappa shape index (κ2) is 5.22. The Labute approximate surface area is 129 Å². The van der Waals surface area contributed by atoms with Gasteiger partial charge in [-0.3, -0.25) is 9.25 Å².